The summed E-state index contributed by atoms with van der Waals surface area (Å²) in [5.74, 6) is 0. The second kappa shape index (κ2) is 4.15. The van der Waals surface area contributed by atoms with Gasteiger partial charge in [0.25, 0.3) is 0 Å². The van der Waals surface area contributed by atoms with Crippen LogP contribution in [-0.2, 0) is 6.54 Å². The maximum atomic E-state index is 4.49. The molecule has 0 aromatic heterocycles. The smallest absolute Gasteiger partial charge is 0.0743 e. The Kier molecular flexibility index (Phi) is 3.15. The second-order valence-corrected chi connectivity index (χ2v) is 3.01. The molecular formula is C10H11NS. The highest BCUT2D eigenvalue weighted by molar-refractivity contribution is 7.78. The molecular weight excluding hydrogens is 166 g/mol. The molecule has 0 bridgehead atoms. The van der Waals surface area contributed by atoms with Gasteiger partial charge in [-0.15, -0.1) is 0 Å². The first-order valence-electron chi connectivity index (χ1n) is 3.84. The second-order valence-electron chi connectivity index (χ2n) is 2.83. The predicted molar refractivity (Wildman–Crippen MR) is 54.6 cm³/mol. The number of aliphatic imine (C=N–C) groups is 1. The lowest BCUT2D eigenvalue weighted by atomic mass is 10.1. The molecule has 0 atom stereocenters. The number of aryl methyl sites for hydroxylation is 2. The number of hydrogen-bond acceptors (Lipinski definition) is 2. The highest BCUT2D eigenvalue weighted by atomic mass is 32.1. The molecule has 0 spiro atoms. The minimum atomic E-state index is 0.643. The molecule has 1 aromatic carbocycles. The van der Waals surface area contributed by atoms with Crippen molar-refractivity contribution < 1.29 is 0 Å². The van der Waals surface area contributed by atoms with E-state index in [0.29, 0.717) is 6.54 Å². The summed E-state index contributed by atoms with van der Waals surface area (Å²) in [6.45, 7) is 4.84. The van der Waals surface area contributed by atoms with Crippen molar-refractivity contribution >= 4 is 17.4 Å². The molecule has 62 valence electrons. The fraction of sp³-hybridized carbons (Fsp3) is 0.300. The molecule has 0 aliphatic heterocycles. The molecule has 0 heterocycles. The Morgan fingerprint density at radius 1 is 1.33 bits per heavy atom. The number of rotatable bonds is 2. The maximum absolute atomic E-state index is 4.49. The number of hydrogen-bond donors (Lipinski definition) is 0. The molecule has 0 saturated heterocycles. The van der Waals surface area contributed by atoms with Crippen LogP contribution < -0.4 is 0 Å². The molecule has 1 nitrogen and oxygen atoms in total. The van der Waals surface area contributed by atoms with E-state index in [4.69, 9.17) is 0 Å². The number of nitrogens with zero attached hydrogens (tertiary/aromatic N) is 1. The first-order chi connectivity index (χ1) is 5.74. The molecule has 0 unspecified atom stereocenters. The molecule has 0 radical (unpaired) electrons. The van der Waals surface area contributed by atoms with Crippen LogP contribution in [0, 0.1) is 13.8 Å². The standard InChI is InChI=1S/C10H11NS/c1-8-3-4-10(5-9(8)2)6-11-7-12/h3-5H,6H2,1-2H3. The molecule has 1 rings (SSSR count). The minimum Gasteiger partial charge on any atom is -0.228 e. The summed E-state index contributed by atoms with van der Waals surface area (Å²) in [6.07, 6.45) is 0. The monoisotopic (exact) mass is 177 g/mol. The van der Waals surface area contributed by atoms with E-state index in [1.165, 1.54) is 16.7 Å². The van der Waals surface area contributed by atoms with Crippen molar-refractivity contribution in [1.82, 2.24) is 0 Å². The van der Waals surface area contributed by atoms with E-state index in [1.807, 2.05) is 0 Å². The van der Waals surface area contributed by atoms with Crippen LogP contribution in [-0.4, -0.2) is 5.16 Å². The number of thiocarbonyl (C=S) groups is 1. The first-order valence-corrected chi connectivity index (χ1v) is 4.24. The predicted octanol–water partition coefficient (Wildman–Crippen LogP) is 2.91. The zero-order valence-electron chi connectivity index (χ0n) is 7.29. The Labute approximate surface area is 78.1 Å². The van der Waals surface area contributed by atoms with Gasteiger partial charge in [0.1, 0.15) is 0 Å². The van der Waals surface area contributed by atoms with E-state index in [-0.39, 0.29) is 0 Å². The summed E-state index contributed by atoms with van der Waals surface area (Å²) in [4.78, 5) is 3.88. The van der Waals surface area contributed by atoms with Gasteiger partial charge in [-0.25, -0.2) is 4.99 Å². The third kappa shape index (κ3) is 2.26. The van der Waals surface area contributed by atoms with Crippen molar-refractivity contribution in [2.45, 2.75) is 20.4 Å². The third-order valence-electron chi connectivity index (χ3n) is 1.90. The van der Waals surface area contributed by atoms with Crippen LogP contribution in [0.3, 0.4) is 0 Å². The zero-order valence-corrected chi connectivity index (χ0v) is 8.11. The maximum Gasteiger partial charge on any atom is 0.0743 e. The first kappa shape index (κ1) is 9.11. The van der Waals surface area contributed by atoms with E-state index >= 15 is 0 Å². The molecule has 12 heavy (non-hydrogen) atoms. The summed E-state index contributed by atoms with van der Waals surface area (Å²) in [5, 5.41) is 2.36. The van der Waals surface area contributed by atoms with Gasteiger partial charge in [0.15, 0.2) is 0 Å². The molecule has 1 aromatic rings. The fourth-order valence-electron chi connectivity index (χ4n) is 1.03. The average Bonchev–Trinajstić information content (AvgIpc) is 2.07. The lowest BCUT2D eigenvalue weighted by Gasteiger charge is -2.01. The molecule has 0 N–H and O–H groups in total. The summed E-state index contributed by atoms with van der Waals surface area (Å²) in [7, 11) is 0. The quantitative estimate of drug-likeness (QED) is 0.500. The molecule has 0 saturated carbocycles. The van der Waals surface area contributed by atoms with Gasteiger partial charge in [0, 0.05) is 0 Å². The minimum absolute atomic E-state index is 0.643. The molecule has 2 heteroatoms. The van der Waals surface area contributed by atoms with Gasteiger partial charge >= 0.3 is 0 Å². The van der Waals surface area contributed by atoms with Crippen molar-refractivity contribution in [1.29, 1.82) is 0 Å². The SMILES string of the molecule is Cc1ccc(CN=C=S)cc1C. The fourth-order valence-corrected chi connectivity index (χ4v) is 1.09. The van der Waals surface area contributed by atoms with Crippen LogP contribution >= 0.6 is 12.2 Å². The number of isothiocyanates is 1. The Balaban J connectivity index is 2.89. The average molecular weight is 177 g/mol. The lowest BCUT2D eigenvalue weighted by molar-refractivity contribution is 1.07. The highest BCUT2D eigenvalue weighted by Crippen LogP contribution is 2.10. The third-order valence-corrected chi connectivity index (χ3v) is 2.03. The van der Waals surface area contributed by atoms with Crippen LogP contribution in [0.25, 0.3) is 0 Å². The largest absolute Gasteiger partial charge is 0.228 e. The topological polar surface area (TPSA) is 12.4 Å². The highest BCUT2D eigenvalue weighted by Gasteiger charge is 1.93. The van der Waals surface area contributed by atoms with Crippen LogP contribution in [0.2, 0.25) is 0 Å². The van der Waals surface area contributed by atoms with Gasteiger partial charge < -0.3 is 0 Å². The van der Waals surface area contributed by atoms with Crippen LogP contribution in [0.5, 0.6) is 0 Å². The molecule has 0 aliphatic carbocycles. The van der Waals surface area contributed by atoms with Gasteiger partial charge in [-0.2, -0.15) is 0 Å². The number of benzene rings is 1. The summed E-state index contributed by atoms with van der Waals surface area (Å²) < 4.78 is 0. The van der Waals surface area contributed by atoms with E-state index in [2.05, 4.69) is 54.4 Å². The van der Waals surface area contributed by atoms with E-state index < -0.39 is 0 Å². The van der Waals surface area contributed by atoms with Crippen molar-refractivity contribution in [3.63, 3.8) is 0 Å². The summed E-state index contributed by atoms with van der Waals surface area (Å²) >= 11 is 4.49. The van der Waals surface area contributed by atoms with Gasteiger partial charge in [-0.05, 0) is 42.8 Å². The van der Waals surface area contributed by atoms with Crippen molar-refractivity contribution in [2.24, 2.45) is 4.99 Å². The summed E-state index contributed by atoms with van der Waals surface area (Å²) in [6, 6.07) is 6.30. The molecule has 0 fully saturated rings. The Morgan fingerprint density at radius 3 is 2.67 bits per heavy atom. The summed E-state index contributed by atoms with van der Waals surface area (Å²) in [5.41, 5.74) is 3.80. The zero-order chi connectivity index (χ0) is 8.97. The van der Waals surface area contributed by atoms with Crippen LogP contribution in [0.1, 0.15) is 16.7 Å². The van der Waals surface area contributed by atoms with Crippen molar-refractivity contribution in [2.75, 3.05) is 0 Å². The Morgan fingerprint density at radius 2 is 2.08 bits per heavy atom. The van der Waals surface area contributed by atoms with Crippen molar-refractivity contribution in [3.05, 3.63) is 34.9 Å². The van der Waals surface area contributed by atoms with Gasteiger partial charge in [-0.1, -0.05) is 18.2 Å². The Hall–Kier alpha value is -0.980. The van der Waals surface area contributed by atoms with Crippen molar-refractivity contribution in [3.8, 4) is 0 Å². The Bertz CT molecular complexity index is 325. The lowest BCUT2D eigenvalue weighted by Crippen LogP contribution is -1.85. The van der Waals surface area contributed by atoms with Crippen LogP contribution in [0.15, 0.2) is 23.2 Å². The van der Waals surface area contributed by atoms with E-state index in [9.17, 15) is 0 Å². The van der Waals surface area contributed by atoms with E-state index in [1.54, 1.807) is 0 Å². The normalized spacial score (nSPS) is 9.17. The van der Waals surface area contributed by atoms with Gasteiger partial charge in [-0.3, -0.25) is 0 Å². The van der Waals surface area contributed by atoms with E-state index in [0.717, 1.165) is 0 Å². The molecule has 0 aliphatic rings. The molecule has 0 amide bonds. The van der Waals surface area contributed by atoms with Gasteiger partial charge in [0.2, 0.25) is 0 Å². The van der Waals surface area contributed by atoms with Crippen LogP contribution in [0.4, 0.5) is 0 Å². The van der Waals surface area contributed by atoms with Gasteiger partial charge in [0.05, 0.1) is 11.7 Å².